The van der Waals surface area contributed by atoms with Gasteiger partial charge in [-0.2, -0.15) is 5.10 Å². The van der Waals surface area contributed by atoms with Crippen LogP contribution in [0.15, 0.2) is 40.8 Å². The summed E-state index contributed by atoms with van der Waals surface area (Å²) in [4.78, 5) is 15.8. The van der Waals surface area contributed by atoms with Gasteiger partial charge in [-0.1, -0.05) is 19.1 Å². The Morgan fingerprint density at radius 2 is 1.88 bits per heavy atom. The number of aryl methyl sites for hydroxylation is 1. The van der Waals surface area contributed by atoms with Crippen LogP contribution in [0.3, 0.4) is 0 Å². The summed E-state index contributed by atoms with van der Waals surface area (Å²) < 4.78 is 0. The Labute approximate surface area is 153 Å². The Morgan fingerprint density at radius 1 is 1.16 bits per heavy atom. The predicted octanol–water partition coefficient (Wildman–Crippen LogP) is 4.45. The van der Waals surface area contributed by atoms with Crippen LogP contribution in [0.1, 0.15) is 53.9 Å². The van der Waals surface area contributed by atoms with Crippen LogP contribution in [-0.4, -0.2) is 24.7 Å². The Bertz CT molecular complexity index is 743. The third kappa shape index (κ3) is 4.48. The normalized spacial score (nSPS) is 15.3. The van der Waals surface area contributed by atoms with Crippen molar-refractivity contribution in [3.8, 4) is 0 Å². The molecule has 2 aromatic rings. The minimum atomic E-state index is -0.153. The van der Waals surface area contributed by atoms with Crippen molar-refractivity contribution >= 4 is 28.6 Å². The molecule has 0 aliphatic carbocycles. The number of hydrogen-bond donors (Lipinski definition) is 1. The van der Waals surface area contributed by atoms with Crippen LogP contribution < -0.4 is 10.3 Å². The molecule has 1 aromatic heterocycles. The first-order valence-corrected chi connectivity index (χ1v) is 9.82. The van der Waals surface area contributed by atoms with E-state index in [-0.39, 0.29) is 5.91 Å². The first-order valence-electron chi connectivity index (χ1n) is 8.95. The molecule has 1 fully saturated rings. The summed E-state index contributed by atoms with van der Waals surface area (Å²) in [5, 5.41) is 6.14. The third-order valence-corrected chi connectivity index (χ3v) is 5.68. The number of piperidine rings is 1. The standard InChI is InChI=1S/C20H25N3OS/c1-3-19-13-17(14-25-19)20(24)22-21-15(2)16-7-9-18(10-8-16)23-11-5-4-6-12-23/h7-10,13-14H,3-6,11-12H2,1-2H3,(H,22,24). The molecular formula is C20H25N3OS. The molecule has 2 heterocycles. The van der Waals surface area contributed by atoms with E-state index in [2.05, 4.69) is 46.6 Å². The van der Waals surface area contributed by atoms with Crippen LogP contribution >= 0.6 is 11.3 Å². The summed E-state index contributed by atoms with van der Waals surface area (Å²) >= 11 is 1.61. The van der Waals surface area contributed by atoms with Gasteiger partial charge in [0.1, 0.15) is 0 Å². The van der Waals surface area contributed by atoms with Crippen LogP contribution in [0.4, 0.5) is 5.69 Å². The quantitative estimate of drug-likeness (QED) is 0.636. The van der Waals surface area contributed by atoms with Gasteiger partial charge in [0.2, 0.25) is 0 Å². The number of hydrogen-bond acceptors (Lipinski definition) is 4. The zero-order valence-corrected chi connectivity index (χ0v) is 15.7. The molecule has 5 heteroatoms. The van der Waals surface area contributed by atoms with E-state index in [1.807, 2.05) is 18.4 Å². The molecule has 3 rings (SSSR count). The minimum Gasteiger partial charge on any atom is -0.372 e. The molecule has 0 saturated carbocycles. The van der Waals surface area contributed by atoms with Gasteiger partial charge in [0.25, 0.3) is 5.91 Å². The first-order chi connectivity index (χ1) is 12.2. The largest absolute Gasteiger partial charge is 0.372 e. The number of amides is 1. The Hall–Kier alpha value is -2.14. The maximum atomic E-state index is 12.2. The summed E-state index contributed by atoms with van der Waals surface area (Å²) in [6.07, 6.45) is 4.83. The van der Waals surface area contributed by atoms with E-state index >= 15 is 0 Å². The molecule has 25 heavy (non-hydrogen) atoms. The maximum absolute atomic E-state index is 12.2. The van der Waals surface area contributed by atoms with Crippen molar-refractivity contribution in [2.45, 2.75) is 39.5 Å². The van der Waals surface area contributed by atoms with Crippen LogP contribution in [0.2, 0.25) is 0 Å². The van der Waals surface area contributed by atoms with Crippen molar-refractivity contribution in [2.75, 3.05) is 18.0 Å². The lowest BCUT2D eigenvalue weighted by Crippen LogP contribution is -2.29. The SMILES string of the molecule is CCc1cc(C(=O)NN=C(C)c2ccc(N3CCCCC3)cc2)cs1. The number of hydrazone groups is 1. The highest BCUT2D eigenvalue weighted by molar-refractivity contribution is 7.10. The van der Waals surface area contributed by atoms with Crippen LogP contribution in [0.5, 0.6) is 0 Å². The number of nitrogens with zero attached hydrogens (tertiary/aromatic N) is 2. The van der Waals surface area contributed by atoms with E-state index in [9.17, 15) is 4.79 Å². The van der Waals surface area contributed by atoms with E-state index < -0.39 is 0 Å². The molecule has 1 saturated heterocycles. The fourth-order valence-electron chi connectivity index (χ4n) is 3.01. The molecule has 0 unspecified atom stereocenters. The number of nitrogens with one attached hydrogen (secondary N) is 1. The molecule has 0 atom stereocenters. The van der Waals surface area contributed by atoms with Gasteiger partial charge in [0.05, 0.1) is 11.3 Å². The lowest BCUT2D eigenvalue weighted by atomic mass is 10.1. The second-order valence-corrected chi connectivity index (χ2v) is 7.38. The topological polar surface area (TPSA) is 44.7 Å². The molecule has 1 amide bonds. The van der Waals surface area contributed by atoms with Gasteiger partial charge in [0.15, 0.2) is 0 Å². The smallest absolute Gasteiger partial charge is 0.272 e. The Morgan fingerprint density at radius 3 is 2.52 bits per heavy atom. The number of carbonyl (C=O) groups excluding carboxylic acids is 1. The zero-order valence-electron chi connectivity index (χ0n) is 14.9. The highest BCUT2D eigenvalue weighted by Gasteiger charge is 2.11. The van der Waals surface area contributed by atoms with Crippen molar-refractivity contribution < 1.29 is 4.79 Å². The number of rotatable bonds is 5. The van der Waals surface area contributed by atoms with Gasteiger partial charge < -0.3 is 4.90 Å². The molecule has 132 valence electrons. The fraction of sp³-hybridized carbons (Fsp3) is 0.400. The summed E-state index contributed by atoms with van der Waals surface area (Å²) in [7, 11) is 0. The number of thiophene rings is 1. The first kappa shape index (κ1) is 17.7. The number of anilines is 1. The minimum absolute atomic E-state index is 0.153. The second-order valence-electron chi connectivity index (χ2n) is 6.39. The van der Waals surface area contributed by atoms with Crippen molar-refractivity contribution in [3.05, 3.63) is 51.7 Å². The van der Waals surface area contributed by atoms with Gasteiger partial charge in [-0.15, -0.1) is 11.3 Å². The number of benzene rings is 1. The van der Waals surface area contributed by atoms with Crippen molar-refractivity contribution in [1.29, 1.82) is 0 Å². The lowest BCUT2D eigenvalue weighted by molar-refractivity contribution is 0.0955. The third-order valence-electron chi connectivity index (χ3n) is 4.60. The van der Waals surface area contributed by atoms with E-state index in [1.54, 1.807) is 11.3 Å². The molecule has 1 N–H and O–H groups in total. The van der Waals surface area contributed by atoms with Crippen LogP contribution in [-0.2, 0) is 6.42 Å². The van der Waals surface area contributed by atoms with Gasteiger partial charge in [-0.05, 0) is 56.4 Å². The molecular weight excluding hydrogens is 330 g/mol. The summed E-state index contributed by atoms with van der Waals surface area (Å²) in [5.74, 6) is -0.153. The summed E-state index contributed by atoms with van der Waals surface area (Å²) in [6, 6.07) is 10.4. The zero-order chi connectivity index (χ0) is 17.6. The van der Waals surface area contributed by atoms with Crippen molar-refractivity contribution in [1.82, 2.24) is 5.43 Å². The van der Waals surface area contributed by atoms with Crippen LogP contribution in [0.25, 0.3) is 0 Å². The average Bonchev–Trinajstić information content (AvgIpc) is 3.16. The van der Waals surface area contributed by atoms with E-state index in [4.69, 9.17) is 0 Å². The Kier molecular flexibility index (Phi) is 5.87. The van der Waals surface area contributed by atoms with E-state index in [0.29, 0.717) is 5.56 Å². The predicted molar refractivity (Wildman–Crippen MR) is 106 cm³/mol. The van der Waals surface area contributed by atoms with Gasteiger partial charge >= 0.3 is 0 Å². The fourth-order valence-corrected chi connectivity index (χ4v) is 3.83. The van der Waals surface area contributed by atoms with Gasteiger partial charge in [-0.25, -0.2) is 5.43 Å². The lowest BCUT2D eigenvalue weighted by Gasteiger charge is -2.28. The highest BCUT2D eigenvalue weighted by atomic mass is 32.1. The van der Waals surface area contributed by atoms with Gasteiger partial charge in [-0.3, -0.25) is 4.79 Å². The second kappa shape index (κ2) is 8.30. The monoisotopic (exact) mass is 355 g/mol. The molecule has 1 aromatic carbocycles. The molecule has 4 nitrogen and oxygen atoms in total. The van der Waals surface area contributed by atoms with Crippen LogP contribution in [0, 0.1) is 0 Å². The molecule has 1 aliphatic heterocycles. The molecule has 0 radical (unpaired) electrons. The van der Waals surface area contributed by atoms with E-state index in [1.165, 1.54) is 29.8 Å². The summed E-state index contributed by atoms with van der Waals surface area (Å²) in [5.41, 5.74) is 6.44. The molecule has 0 spiro atoms. The Balaban J connectivity index is 1.62. The van der Waals surface area contributed by atoms with Crippen molar-refractivity contribution in [3.63, 3.8) is 0 Å². The van der Waals surface area contributed by atoms with Crippen molar-refractivity contribution in [2.24, 2.45) is 5.10 Å². The number of carbonyl (C=O) groups is 1. The molecule has 1 aliphatic rings. The molecule has 0 bridgehead atoms. The highest BCUT2D eigenvalue weighted by Crippen LogP contribution is 2.20. The maximum Gasteiger partial charge on any atom is 0.272 e. The average molecular weight is 356 g/mol. The van der Waals surface area contributed by atoms with Gasteiger partial charge in [0, 0.05) is 29.0 Å². The van der Waals surface area contributed by atoms with E-state index in [0.717, 1.165) is 30.8 Å². The summed E-state index contributed by atoms with van der Waals surface area (Å²) in [6.45, 7) is 6.29.